The van der Waals surface area contributed by atoms with Crippen molar-refractivity contribution in [2.75, 3.05) is 17.0 Å². The Bertz CT molecular complexity index is 500. The Morgan fingerprint density at radius 2 is 1.94 bits per heavy atom. The summed E-state index contributed by atoms with van der Waals surface area (Å²) < 4.78 is 51.3. The summed E-state index contributed by atoms with van der Waals surface area (Å²) in [5.41, 5.74) is 4.80. The normalized spacial score (nSPS) is 11.6. The zero-order valence-corrected chi connectivity index (χ0v) is 11.0. The summed E-state index contributed by atoms with van der Waals surface area (Å²) in [6.07, 6.45) is 0.896. The van der Waals surface area contributed by atoms with Crippen LogP contribution in [0.4, 0.5) is 14.5 Å². The fourth-order valence-electron chi connectivity index (χ4n) is 1.28. The number of sulfonamides is 1. The van der Waals surface area contributed by atoms with Gasteiger partial charge in [0.25, 0.3) is 0 Å². The van der Waals surface area contributed by atoms with Crippen LogP contribution in [-0.2, 0) is 10.0 Å². The number of halogens is 3. The number of anilines is 1. The molecule has 8 heteroatoms. The number of nitrogens with one attached hydrogen (secondary N) is 1. The van der Waals surface area contributed by atoms with Gasteiger partial charge in [0.2, 0.25) is 10.0 Å². The molecular weight excluding hydrogens is 286 g/mol. The van der Waals surface area contributed by atoms with E-state index in [9.17, 15) is 17.2 Å². The van der Waals surface area contributed by atoms with E-state index in [0.717, 1.165) is 6.07 Å². The zero-order chi connectivity index (χ0) is 13.8. The van der Waals surface area contributed by atoms with Crippen molar-refractivity contribution in [3.63, 3.8) is 0 Å². The van der Waals surface area contributed by atoms with E-state index < -0.39 is 27.3 Å². The first kappa shape index (κ1) is 15.1. The molecule has 0 heterocycles. The van der Waals surface area contributed by atoms with Gasteiger partial charge in [-0.3, -0.25) is 4.72 Å². The quantitative estimate of drug-likeness (QED) is 0.790. The summed E-state index contributed by atoms with van der Waals surface area (Å²) in [5, 5.41) is -0.324. The number of hydrogen-bond acceptors (Lipinski definition) is 3. The van der Waals surface area contributed by atoms with Crippen molar-refractivity contribution >= 4 is 27.3 Å². The molecule has 0 spiro atoms. The van der Waals surface area contributed by atoms with Crippen molar-refractivity contribution in [2.45, 2.75) is 12.8 Å². The Balaban J connectivity index is 2.84. The summed E-state index contributed by atoms with van der Waals surface area (Å²) in [4.78, 5) is 0. The second-order valence-corrected chi connectivity index (χ2v) is 5.91. The lowest BCUT2D eigenvalue weighted by Gasteiger charge is -2.10. The molecule has 1 aromatic carbocycles. The van der Waals surface area contributed by atoms with Crippen LogP contribution in [-0.4, -0.2) is 20.7 Å². The third kappa shape index (κ3) is 4.40. The Kier molecular flexibility index (Phi) is 5.30. The van der Waals surface area contributed by atoms with E-state index >= 15 is 0 Å². The number of rotatable bonds is 6. The van der Waals surface area contributed by atoms with Crippen molar-refractivity contribution in [2.24, 2.45) is 5.73 Å². The molecule has 0 radical (unpaired) electrons. The van der Waals surface area contributed by atoms with E-state index in [0.29, 0.717) is 25.5 Å². The minimum atomic E-state index is -3.72. The first-order valence-corrected chi connectivity index (χ1v) is 7.24. The van der Waals surface area contributed by atoms with Gasteiger partial charge in [0.15, 0.2) is 5.82 Å². The summed E-state index contributed by atoms with van der Waals surface area (Å²) in [5.74, 6) is -2.12. The average molecular weight is 299 g/mol. The van der Waals surface area contributed by atoms with Gasteiger partial charge in [-0.2, -0.15) is 0 Å². The molecule has 4 nitrogen and oxygen atoms in total. The van der Waals surface area contributed by atoms with Crippen LogP contribution in [0.25, 0.3) is 0 Å². The SMILES string of the molecule is NCCCCS(=O)(=O)Nc1c(F)cc(F)cc1Cl. The second kappa shape index (κ2) is 6.31. The van der Waals surface area contributed by atoms with E-state index in [2.05, 4.69) is 0 Å². The zero-order valence-electron chi connectivity index (χ0n) is 9.42. The van der Waals surface area contributed by atoms with Gasteiger partial charge in [-0.05, 0) is 25.5 Å². The Morgan fingerprint density at radius 1 is 1.28 bits per heavy atom. The van der Waals surface area contributed by atoms with Gasteiger partial charge < -0.3 is 5.73 Å². The van der Waals surface area contributed by atoms with Crippen LogP contribution in [0.1, 0.15) is 12.8 Å². The summed E-state index contributed by atoms with van der Waals surface area (Å²) in [7, 11) is -3.72. The Labute approximate surface area is 109 Å². The van der Waals surface area contributed by atoms with E-state index in [-0.39, 0.29) is 10.8 Å². The highest BCUT2D eigenvalue weighted by molar-refractivity contribution is 7.92. The van der Waals surface area contributed by atoms with Gasteiger partial charge in [-0.25, -0.2) is 17.2 Å². The van der Waals surface area contributed by atoms with Crippen molar-refractivity contribution < 1.29 is 17.2 Å². The van der Waals surface area contributed by atoms with Crippen LogP contribution >= 0.6 is 11.6 Å². The first-order valence-electron chi connectivity index (χ1n) is 5.21. The fraction of sp³-hybridized carbons (Fsp3) is 0.400. The molecule has 0 aliphatic carbocycles. The van der Waals surface area contributed by atoms with Gasteiger partial charge in [-0.1, -0.05) is 11.6 Å². The minimum Gasteiger partial charge on any atom is -0.330 e. The van der Waals surface area contributed by atoms with Gasteiger partial charge in [0.05, 0.1) is 10.8 Å². The van der Waals surface area contributed by atoms with Gasteiger partial charge in [0, 0.05) is 6.07 Å². The average Bonchev–Trinajstić information content (AvgIpc) is 2.23. The smallest absolute Gasteiger partial charge is 0.232 e. The number of hydrogen-bond donors (Lipinski definition) is 2. The highest BCUT2D eigenvalue weighted by Crippen LogP contribution is 2.27. The standard InChI is InChI=1S/C10H13ClF2N2O2S/c11-8-5-7(12)6-9(13)10(8)15-18(16,17)4-2-1-3-14/h5-6,15H,1-4,14H2. The van der Waals surface area contributed by atoms with Crippen LogP contribution in [0.15, 0.2) is 12.1 Å². The maximum absolute atomic E-state index is 13.4. The minimum absolute atomic E-state index is 0.197. The fourth-order valence-corrected chi connectivity index (χ4v) is 2.79. The van der Waals surface area contributed by atoms with Crippen molar-refractivity contribution in [3.05, 3.63) is 28.8 Å². The van der Waals surface area contributed by atoms with Crippen LogP contribution in [0, 0.1) is 11.6 Å². The predicted octanol–water partition coefficient (Wildman–Crippen LogP) is 2.10. The number of nitrogens with two attached hydrogens (primary N) is 1. The van der Waals surface area contributed by atoms with Crippen LogP contribution < -0.4 is 10.5 Å². The Morgan fingerprint density at radius 3 is 2.50 bits per heavy atom. The van der Waals surface area contributed by atoms with Gasteiger partial charge in [0.1, 0.15) is 11.5 Å². The molecule has 0 aliphatic rings. The maximum atomic E-state index is 13.4. The molecule has 0 aromatic heterocycles. The van der Waals surface area contributed by atoms with Gasteiger partial charge >= 0.3 is 0 Å². The molecule has 0 atom stereocenters. The third-order valence-electron chi connectivity index (χ3n) is 2.13. The second-order valence-electron chi connectivity index (χ2n) is 3.66. The molecule has 0 saturated heterocycles. The number of benzene rings is 1. The molecule has 1 aromatic rings. The molecule has 102 valence electrons. The highest BCUT2D eigenvalue weighted by Gasteiger charge is 2.16. The molecule has 0 saturated carbocycles. The molecule has 0 amide bonds. The summed E-state index contributed by atoms with van der Waals surface area (Å²) >= 11 is 5.58. The van der Waals surface area contributed by atoms with Crippen LogP contribution in [0.3, 0.4) is 0 Å². The molecule has 18 heavy (non-hydrogen) atoms. The van der Waals surface area contributed by atoms with Gasteiger partial charge in [-0.15, -0.1) is 0 Å². The first-order chi connectivity index (χ1) is 8.35. The van der Waals surface area contributed by atoms with E-state index in [1.54, 1.807) is 0 Å². The lowest BCUT2D eigenvalue weighted by atomic mass is 10.3. The molecule has 3 N–H and O–H groups in total. The van der Waals surface area contributed by atoms with Crippen molar-refractivity contribution in [1.29, 1.82) is 0 Å². The molecule has 0 unspecified atom stereocenters. The van der Waals surface area contributed by atoms with Crippen LogP contribution in [0.5, 0.6) is 0 Å². The molecule has 0 bridgehead atoms. The summed E-state index contributed by atoms with van der Waals surface area (Å²) in [6, 6.07) is 1.39. The lowest BCUT2D eigenvalue weighted by molar-refractivity contribution is 0.582. The Hall–Kier alpha value is -0.920. The van der Waals surface area contributed by atoms with E-state index in [4.69, 9.17) is 17.3 Å². The highest BCUT2D eigenvalue weighted by atomic mass is 35.5. The maximum Gasteiger partial charge on any atom is 0.232 e. The monoisotopic (exact) mass is 298 g/mol. The van der Waals surface area contributed by atoms with E-state index in [1.165, 1.54) is 0 Å². The molecule has 0 fully saturated rings. The summed E-state index contributed by atoms with van der Waals surface area (Å²) in [6.45, 7) is 0.376. The van der Waals surface area contributed by atoms with Crippen molar-refractivity contribution in [3.8, 4) is 0 Å². The largest absolute Gasteiger partial charge is 0.330 e. The number of unbranched alkanes of at least 4 members (excludes halogenated alkanes) is 1. The molecule has 0 aliphatic heterocycles. The molecular formula is C10H13ClF2N2O2S. The molecule has 1 rings (SSSR count). The van der Waals surface area contributed by atoms with Crippen molar-refractivity contribution in [1.82, 2.24) is 0 Å². The van der Waals surface area contributed by atoms with E-state index in [1.807, 2.05) is 4.72 Å². The van der Waals surface area contributed by atoms with Crippen LogP contribution in [0.2, 0.25) is 5.02 Å². The third-order valence-corrected chi connectivity index (χ3v) is 3.77. The predicted molar refractivity (Wildman–Crippen MR) is 67.1 cm³/mol. The lowest BCUT2D eigenvalue weighted by Crippen LogP contribution is -2.18. The topological polar surface area (TPSA) is 72.2 Å².